The predicted molar refractivity (Wildman–Crippen MR) is 62.2 cm³/mol. The van der Waals surface area contributed by atoms with Crippen molar-refractivity contribution in [1.82, 2.24) is 0 Å². The summed E-state index contributed by atoms with van der Waals surface area (Å²) in [5.41, 5.74) is 0.759. The molecule has 5 heteroatoms. The van der Waals surface area contributed by atoms with Crippen LogP contribution in [0.4, 0.5) is 0 Å². The maximum Gasteiger partial charge on any atom is 0.339 e. The van der Waals surface area contributed by atoms with Crippen molar-refractivity contribution in [2.45, 2.75) is 6.42 Å². The minimum absolute atomic E-state index is 0.0779. The predicted octanol–water partition coefficient (Wildman–Crippen LogP) is 2.48. The molecule has 0 heterocycles. The first kappa shape index (κ1) is 13.0. The number of methoxy groups -OCH3 is 1. The Hall–Kier alpha value is -1.06. The molecule has 0 amide bonds. The number of ether oxygens (including phenoxy) is 1. The first-order chi connectivity index (χ1) is 7.60. The number of ketones is 1. The van der Waals surface area contributed by atoms with Crippen molar-refractivity contribution >= 4 is 35.0 Å². The number of benzene rings is 1. The van der Waals surface area contributed by atoms with E-state index in [0.717, 1.165) is 0 Å². The van der Waals surface area contributed by atoms with Crippen molar-refractivity contribution in [2.75, 3.05) is 13.0 Å². The lowest BCUT2D eigenvalue weighted by Crippen LogP contribution is -2.11. The lowest BCUT2D eigenvalue weighted by molar-refractivity contribution is -0.116. The van der Waals surface area contributed by atoms with E-state index in [2.05, 4.69) is 4.74 Å². The molecule has 0 saturated carbocycles. The van der Waals surface area contributed by atoms with Gasteiger partial charge in [-0.2, -0.15) is 0 Å². The molecule has 1 rings (SSSR count). The topological polar surface area (TPSA) is 43.4 Å². The Kier molecular flexibility index (Phi) is 4.77. The van der Waals surface area contributed by atoms with Crippen LogP contribution in [0.2, 0.25) is 5.02 Å². The van der Waals surface area contributed by atoms with E-state index in [1.807, 2.05) is 0 Å². The molecule has 16 heavy (non-hydrogen) atoms. The first-order valence-corrected chi connectivity index (χ1v) is 5.44. The Labute approximate surface area is 103 Å². The van der Waals surface area contributed by atoms with E-state index in [9.17, 15) is 9.59 Å². The highest BCUT2D eigenvalue weighted by Gasteiger charge is 2.17. The third kappa shape index (κ3) is 2.97. The number of carbonyl (C=O) groups excluding carboxylic acids is 2. The van der Waals surface area contributed by atoms with Crippen LogP contribution in [0.25, 0.3) is 0 Å². The van der Waals surface area contributed by atoms with Gasteiger partial charge in [0.25, 0.3) is 0 Å². The minimum Gasteiger partial charge on any atom is -0.465 e. The molecule has 0 unspecified atom stereocenters. The van der Waals surface area contributed by atoms with Gasteiger partial charge in [0, 0.05) is 6.42 Å². The molecule has 1 aromatic carbocycles. The summed E-state index contributed by atoms with van der Waals surface area (Å²) in [6, 6.07) is 4.90. The van der Waals surface area contributed by atoms with Gasteiger partial charge in [0.15, 0.2) is 5.78 Å². The summed E-state index contributed by atoms with van der Waals surface area (Å²) in [6.07, 6.45) is 0.0779. The second kappa shape index (κ2) is 5.87. The number of esters is 1. The number of carbonyl (C=O) groups is 2. The zero-order valence-electron chi connectivity index (χ0n) is 8.63. The standard InChI is InChI=1S/C11H10Cl2O3/c1-16-11(15)10-7(5-8(14)6-12)3-2-4-9(10)13/h2-4H,5-6H2,1H3. The van der Waals surface area contributed by atoms with Crippen molar-refractivity contribution < 1.29 is 14.3 Å². The quantitative estimate of drug-likeness (QED) is 0.617. The van der Waals surface area contributed by atoms with Crippen LogP contribution < -0.4 is 0 Å². The van der Waals surface area contributed by atoms with Crippen molar-refractivity contribution in [2.24, 2.45) is 0 Å². The average molecular weight is 261 g/mol. The Morgan fingerprint density at radius 3 is 2.62 bits per heavy atom. The molecule has 0 atom stereocenters. The van der Waals surface area contributed by atoms with Crippen LogP contribution in [-0.2, 0) is 16.0 Å². The molecule has 0 aliphatic carbocycles. The molecule has 0 N–H and O–H groups in total. The number of rotatable bonds is 4. The monoisotopic (exact) mass is 260 g/mol. The van der Waals surface area contributed by atoms with Crippen molar-refractivity contribution in [3.63, 3.8) is 0 Å². The maximum atomic E-state index is 11.5. The van der Waals surface area contributed by atoms with E-state index in [1.165, 1.54) is 7.11 Å². The van der Waals surface area contributed by atoms with Crippen LogP contribution in [0.1, 0.15) is 15.9 Å². The van der Waals surface area contributed by atoms with E-state index >= 15 is 0 Å². The second-order valence-electron chi connectivity index (χ2n) is 3.11. The highest BCUT2D eigenvalue weighted by atomic mass is 35.5. The van der Waals surface area contributed by atoms with Gasteiger partial charge in [-0.3, -0.25) is 4.79 Å². The number of hydrogen-bond acceptors (Lipinski definition) is 3. The van der Waals surface area contributed by atoms with Gasteiger partial charge < -0.3 is 4.74 Å². The number of Topliss-reactive ketones (excluding diaryl/α,β-unsaturated/α-hetero) is 1. The summed E-state index contributed by atoms with van der Waals surface area (Å²) in [7, 11) is 1.26. The lowest BCUT2D eigenvalue weighted by Gasteiger charge is -2.08. The molecular formula is C11H10Cl2O3. The summed E-state index contributed by atoms with van der Waals surface area (Å²) in [5.74, 6) is -0.815. The van der Waals surface area contributed by atoms with Gasteiger partial charge in [-0.05, 0) is 11.6 Å². The molecule has 86 valence electrons. The van der Waals surface area contributed by atoms with E-state index in [1.54, 1.807) is 18.2 Å². The van der Waals surface area contributed by atoms with Crippen LogP contribution in [-0.4, -0.2) is 24.7 Å². The zero-order chi connectivity index (χ0) is 12.1. The van der Waals surface area contributed by atoms with Crippen molar-refractivity contribution in [3.8, 4) is 0 Å². The normalized spacial score (nSPS) is 9.94. The van der Waals surface area contributed by atoms with E-state index in [0.29, 0.717) is 5.56 Å². The summed E-state index contributed by atoms with van der Waals surface area (Å²) >= 11 is 11.3. The third-order valence-corrected chi connectivity index (χ3v) is 2.64. The fourth-order valence-electron chi connectivity index (χ4n) is 1.31. The summed E-state index contributed by atoms with van der Waals surface area (Å²) < 4.78 is 4.61. The Bertz CT molecular complexity index is 416. The molecule has 0 spiro atoms. The first-order valence-electron chi connectivity index (χ1n) is 4.53. The molecule has 1 aromatic rings. The van der Waals surface area contributed by atoms with Gasteiger partial charge >= 0.3 is 5.97 Å². The van der Waals surface area contributed by atoms with E-state index in [-0.39, 0.29) is 28.7 Å². The second-order valence-corrected chi connectivity index (χ2v) is 3.79. The van der Waals surface area contributed by atoms with E-state index in [4.69, 9.17) is 23.2 Å². The highest BCUT2D eigenvalue weighted by Crippen LogP contribution is 2.21. The molecular weight excluding hydrogens is 251 g/mol. The Morgan fingerprint density at radius 2 is 2.06 bits per heavy atom. The largest absolute Gasteiger partial charge is 0.465 e. The molecule has 0 aliphatic rings. The zero-order valence-corrected chi connectivity index (χ0v) is 10.1. The smallest absolute Gasteiger partial charge is 0.339 e. The van der Waals surface area contributed by atoms with Crippen molar-refractivity contribution in [3.05, 3.63) is 34.3 Å². The van der Waals surface area contributed by atoms with Crippen LogP contribution in [0.15, 0.2) is 18.2 Å². The fourth-order valence-corrected chi connectivity index (χ4v) is 1.67. The van der Waals surface area contributed by atoms with Gasteiger partial charge in [-0.1, -0.05) is 23.7 Å². The summed E-state index contributed by atoms with van der Waals surface area (Å²) in [5, 5.41) is 0.270. The minimum atomic E-state index is -0.553. The van der Waals surface area contributed by atoms with Crippen LogP contribution in [0.5, 0.6) is 0 Å². The lowest BCUT2D eigenvalue weighted by atomic mass is 10.0. The van der Waals surface area contributed by atoms with Gasteiger partial charge in [0.05, 0.1) is 23.6 Å². The van der Waals surface area contributed by atoms with E-state index < -0.39 is 5.97 Å². The number of halogens is 2. The van der Waals surface area contributed by atoms with Crippen molar-refractivity contribution in [1.29, 1.82) is 0 Å². The van der Waals surface area contributed by atoms with Crippen LogP contribution >= 0.6 is 23.2 Å². The Balaban J connectivity index is 3.12. The molecule has 0 aliphatic heterocycles. The third-order valence-electron chi connectivity index (χ3n) is 2.03. The molecule has 3 nitrogen and oxygen atoms in total. The Morgan fingerprint density at radius 1 is 1.38 bits per heavy atom. The molecule has 0 aromatic heterocycles. The van der Waals surface area contributed by atoms with Crippen LogP contribution in [0, 0.1) is 0 Å². The molecule has 0 saturated heterocycles. The number of alkyl halides is 1. The average Bonchev–Trinajstić information content (AvgIpc) is 2.28. The molecule has 0 bridgehead atoms. The highest BCUT2D eigenvalue weighted by molar-refractivity contribution is 6.34. The molecule has 0 radical (unpaired) electrons. The fraction of sp³-hybridized carbons (Fsp3) is 0.273. The molecule has 0 fully saturated rings. The summed E-state index contributed by atoms with van der Waals surface area (Å²) in [6.45, 7) is 0. The van der Waals surface area contributed by atoms with Crippen LogP contribution in [0.3, 0.4) is 0 Å². The number of hydrogen-bond donors (Lipinski definition) is 0. The van der Waals surface area contributed by atoms with Gasteiger partial charge in [0.2, 0.25) is 0 Å². The maximum absolute atomic E-state index is 11.5. The van der Waals surface area contributed by atoms with Gasteiger partial charge in [0.1, 0.15) is 0 Å². The SMILES string of the molecule is COC(=O)c1c(Cl)cccc1CC(=O)CCl. The van der Waals surface area contributed by atoms with Gasteiger partial charge in [-0.15, -0.1) is 11.6 Å². The summed E-state index contributed by atoms with van der Waals surface area (Å²) in [4.78, 5) is 22.7. The van der Waals surface area contributed by atoms with Gasteiger partial charge in [-0.25, -0.2) is 4.79 Å².